The van der Waals surface area contributed by atoms with Crippen molar-refractivity contribution in [2.45, 2.75) is 20.3 Å². The molecule has 0 aromatic carbocycles. The third kappa shape index (κ3) is 1.87. The largest absolute Gasteiger partial charge is 0.296 e. The Hall–Kier alpha value is -1.18. The van der Waals surface area contributed by atoms with E-state index in [1.54, 1.807) is 0 Å². The number of aromatic nitrogens is 1. The molecule has 2 nitrogen and oxygen atoms in total. The molecule has 0 aliphatic heterocycles. The smallest absolute Gasteiger partial charge is 0.168 e. The van der Waals surface area contributed by atoms with Crippen LogP contribution in [-0.2, 0) is 6.42 Å². The van der Waals surface area contributed by atoms with Gasteiger partial charge in [0.1, 0.15) is 5.69 Å². The molecule has 11 heavy (non-hydrogen) atoms. The van der Waals surface area contributed by atoms with E-state index in [2.05, 4.69) is 11.9 Å². The number of nitrogens with zero attached hydrogens (tertiary/aromatic N) is 1. The minimum absolute atomic E-state index is 0.529. The lowest BCUT2D eigenvalue weighted by atomic mass is 10.1. The molecule has 1 heterocycles. The normalized spacial score (nSPS) is 9.64. The lowest BCUT2D eigenvalue weighted by molar-refractivity contribution is 0.111. The molecule has 1 aromatic rings. The average Bonchev–Trinajstić information content (AvgIpc) is 2.03. The quantitative estimate of drug-likeness (QED) is 0.600. The van der Waals surface area contributed by atoms with Crippen LogP contribution in [-0.4, -0.2) is 11.3 Å². The third-order valence-electron chi connectivity index (χ3n) is 1.56. The number of aldehydes is 1. The summed E-state index contributed by atoms with van der Waals surface area (Å²) in [7, 11) is 0. The zero-order chi connectivity index (χ0) is 8.27. The van der Waals surface area contributed by atoms with Crippen molar-refractivity contribution in [1.29, 1.82) is 0 Å². The summed E-state index contributed by atoms with van der Waals surface area (Å²) in [5.74, 6) is 0. The van der Waals surface area contributed by atoms with Crippen molar-refractivity contribution in [2.24, 2.45) is 0 Å². The molecule has 0 aliphatic rings. The summed E-state index contributed by atoms with van der Waals surface area (Å²) >= 11 is 0. The molecule has 0 saturated heterocycles. The van der Waals surface area contributed by atoms with Gasteiger partial charge < -0.3 is 0 Å². The molecule has 58 valence electrons. The minimum atomic E-state index is 0.529. The van der Waals surface area contributed by atoms with Gasteiger partial charge >= 0.3 is 0 Å². The molecule has 0 amide bonds. The second kappa shape index (κ2) is 3.28. The van der Waals surface area contributed by atoms with E-state index in [0.29, 0.717) is 5.69 Å². The van der Waals surface area contributed by atoms with Crippen molar-refractivity contribution < 1.29 is 4.79 Å². The van der Waals surface area contributed by atoms with Crippen molar-refractivity contribution in [1.82, 2.24) is 4.98 Å². The van der Waals surface area contributed by atoms with Gasteiger partial charge in [0, 0.05) is 5.69 Å². The molecule has 0 unspecified atom stereocenters. The molecule has 1 rings (SSSR count). The Kier molecular flexibility index (Phi) is 2.36. The highest BCUT2D eigenvalue weighted by Crippen LogP contribution is 2.04. The standard InChI is InChI=1S/C9H11NO/c1-3-8-4-7(2)10-9(5-8)6-11/h4-6H,3H2,1-2H3. The van der Waals surface area contributed by atoms with Gasteiger partial charge in [0.2, 0.25) is 0 Å². The number of hydrogen-bond acceptors (Lipinski definition) is 2. The molecule has 0 aliphatic carbocycles. The van der Waals surface area contributed by atoms with E-state index in [1.165, 1.54) is 5.56 Å². The highest BCUT2D eigenvalue weighted by atomic mass is 16.1. The van der Waals surface area contributed by atoms with Gasteiger partial charge in [-0.25, -0.2) is 0 Å². The molecule has 0 fully saturated rings. The predicted octanol–water partition coefficient (Wildman–Crippen LogP) is 1.76. The summed E-state index contributed by atoms with van der Waals surface area (Å²) in [6.07, 6.45) is 1.73. The van der Waals surface area contributed by atoms with Crippen molar-refractivity contribution in [3.8, 4) is 0 Å². The van der Waals surface area contributed by atoms with Gasteiger partial charge in [-0.1, -0.05) is 6.92 Å². The van der Waals surface area contributed by atoms with Crippen LogP contribution in [0.5, 0.6) is 0 Å². The first-order valence-corrected chi connectivity index (χ1v) is 3.69. The van der Waals surface area contributed by atoms with E-state index in [9.17, 15) is 4.79 Å². The first-order chi connectivity index (χ1) is 5.26. The maximum Gasteiger partial charge on any atom is 0.168 e. The summed E-state index contributed by atoms with van der Waals surface area (Å²) in [4.78, 5) is 14.4. The van der Waals surface area contributed by atoms with E-state index in [1.807, 2.05) is 19.1 Å². The number of aryl methyl sites for hydroxylation is 2. The van der Waals surface area contributed by atoms with Gasteiger partial charge in [-0.05, 0) is 31.0 Å². The van der Waals surface area contributed by atoms with Crippen LogP contribution in [0.25, 0.3) is 0 Å². The second-order valence-corrected chi connectivity index (χ2v) is 2.51. The van der Waals surface area contributed by atoms with Crippen molar-refractivity contribution in [3.05, 3.63) is 29.1 Å². The van der Waals surface area contributed by atoms with E-state index in [0.717, 1.165) is 18.4 Å². The Morgan fingerprint density at radius 1 is 1.55 bits per heavy atom. The number of pyridine rings is 1. The van der Waals surface area contributed by atoms with Gasteiger partial charge in [-0.2, -0.15) is 0 Å². The SMILES string of the molecule is CCc1cc(C)nc(C=O)c1. The molecular formula is C9H11NO. The fourth-order valence-electron chi connectivity index (χ4n) is 1.03. The van der Waals surface area contributed by atoms with Gasteiger partial charge in [0.25, 0.3) is 0 Å². The van der Waals surface area contributed by atoms with Crippen LogP contribution in [0.1, 0.15) is 28.7 Å². The summed E-state index contributed by atoms with van der Waals surface area (Å²) in [6.45, 7) is 3.95. The van der Waals surface area contributed by atoms with Crippen LogP contribution in [0.3, 0.4) is 0 Å². The van der Waals surface area contributed by atoms with E-state index in [4.69, 9.17) is 0 Å². The van der Waals surface area contributed by atoms with Gasteiger partial charge in [-0.15, -0.1) is 0 Å². The molecule has 0 atom stereocenters. The fourth-order valence-corrected chi connectivity index (χ4v) is 1.03. The first-order valence-electron chi connectivity index (χ1n) is 3.69. The summed E-state index contributed by atoms with van der Waals surface area (Å²) in [5.41, 5.74) is 2.60. The Labute approximate surface area is 66.3 Å². The lowest BCUT2D eigenvalue weighted by Gasteiger charge is -1.98. The second-order valence-electron chi connectivity index (χ2n) is 2.51. The average molecular weight is 149 g/mol. The van der Waals surface area contributed by atoms with Crippen molar-refractivity contribution in [3.63, 3.8) is 0 Å². The maximum atomic E-state index is 10.4. The predicted molar refractivity (Wildman–Crippen MR) is 43.7 cm³/mol. The van der Waals surface area contributed by atoms with Crippen LogP contribution >= 0.6 is 0 Å². The molecule has 0 radical (unpaired) electrons. The van der Waals surface area contributed by atoms with Crippen LogP contribution < -0.4 is 0 Å². The van der Waals surface area contributed by atoms with Gasteiger partial charge in [-0.3, -0.25) is 9.78 Å². The highest BCUT2D eigenvalue weighted by molar-refractivity contribution is 5.72. The summed E-state index contributed by atoms with van der Waals surface area (Å²) in [5, 5.41) is 0. The van der Waals surface area contributed by atoms with Crippen molar-refractivity contribution >= 4 is 6.29 Å². The number of rotatable bonds is 2. The third-order valence-corrected chi connectivity index (χ3v) is 1.56. The van der Waals surface area contributed by atoms with Crippen LogP contribution in [0.4, 0.5) is 0 Å². The molecule has 0 spiro atoms. The first kappa shape index (κ1) is 7.92. The molecule has 2 heteroatoms. The van der Waals surface area contributed by atoms with E-state index in [-0.39, 0.29) is 0 Å². The zero-order valence-electron chi connectivity index (χ0n) is 6.79. The molecule has 1 aromatic heterocycles. The van der Waals surface area contributed by atoms with Crippen LogP contribution in [0.15, 0.2) is 12.1 Å². The number of carbonyl (C=O) groups is 1. The summed E-state index contributed by atoms with van der Waals surface area (Å²) < 4.78 is 0. The highest BCUT2D eigenvalue weighted by Gasteiger charge is 1.96. The zero-order valence-corrected chi connectivity index (χ0v) is 6.79. The topological polar surface area (TPSA) is 30.0 Å². The monoisotopic (exact) mass is 149 g/mol. The lowest BCUT2D eigenvalue weighted by Crippen LogP contribution is -1.92. The number of carbonyl (C=O) groups excluding carboxylic acids is 1. The van der Waals surface area contributed by atoms with Crippen molar-refractivity contribution in [2.75, 3.05) is 0 Å². The molecular weight excluding hydrogens is 138 g/mol. The van der Waals surface area contributed by atoms with Crippen LogP contribution in [0.2, 0.25) is 0 Å². The van der Waals surface area contributed by atoms with E-state index < -0.39 is 0 Å². The Bertz CT molecular complexity index is 268. The van der Waals surface area contributed by atoms with Gasteiger partial charge in [0.15, 0.2) is 6.29 Å². The van der Waals surface area contributed by atoms with Crippen LogP contribution in [0, 0.1) is 6.92 Å². The van der Waals surface area contributed by atoms with Gasteiger partial charge in [0.05, 0.1) is 0 Å². The Balaban J connectivity index is 3.11. The minimum Gasteiger partial charge on any atom is -0.296 e. The molecule has 0 saturated carbocycles. The fraction of sp³-hybridized carbons (Fsp3) is 0.333. The Morgan fingerprint density at radius 2 is 2.27 bits per heavy atom. The van der Waals surface area contributed by atoms with E-state index >= 15 is 0 Å². The molecule has 0 bridgehead atoms. The number of hydrogen-bond donors (Lipinski definition) is 0. The molecule has 0 N–H and O–H groups in total. The summed E-state index contributed by atoms with van der Waals surface area (Å²) in [6, 6.07) is 3.81. The maximum absolute atomic E-state index is 10.4. The Morgan fingerprint density at radius 3 is 2.82 bits per heavy atom.